The molecule has 1 heterocycles. The summed E-state index contributed by atoms with van der Waals surface area (Å²) < 4.78 is 10.9. The number of rotatable bonds is 8. The fraction of sp³-hybridized carbons (Fsp3) is 0.320. The third-order valence-electron chi connectivity index (χ3n) is 5.69. The van der Waals surface area contributed by atoms with E-state index in [1.807, 2.05) is 6.07 Å². The van der Waals surface area contributed by atoms with Crippen molar-refractivity contribution in [3.05, 3.63) is 69.6 Å². The van der Waals surface area contributed by atoms with Crippen molar-refractivity contribution in [2.24, 2.45) is 0 Å². The number of hydrogen-bond acceptors (Lipinski definition) is 6. The average Bonchev–Trinajstić information content (AvgIpc) is 3.34. The number of carbonyl (C=O) groups is 2. The summed E-state index contributed by atoms with van der Waals surface area (Å²) in [4.78, 5) is 29.9. The number of thiazole rings is 1. The van der Waals surface area contributed by atoms with Gasteiger partial charge in [0.1, 0.15) is 28.8 Å². The van der Waals surface area contributed by atoms with E-state index in [0.29, 0.717) is 32.9 Å². The third kappa shape index (κ3) is 7.10. The van der Waals surface area contributed by atoms with Crippen molar-refractivity contribution in [1.29, 1.82) is 0 Å². The molecule has 2 aromatic carbocycles. The van der Waals surface area contributed by atoms with Gasteiger partial charge in [0.15, 0.2) is 0 Å². The number of carbonyl (C=O) groups excluding carboxylic acids is 2. The molecule has 35 heavy (non-hydrogen) atoms. The maximum Gasteiger partial charge on any atom is 0.319 e. The Morgan fingerprint density at radius 1 is 1.06 bits per heavy atom. The number of hydrogen-bond donors (Lipinski definition) is 3. The molecule has 10 heteroatoms. The van der Waals surface area contributed by atoms with Crippen molar-refractivity contribution in [3.8, 4) is 11.5 Å². The van der Waals surface area contributed by atoms with E-state index in [1.54, 1.807) is 55.0 Å². The van der Waals surface area contributed by atoms with Gasteiger partial charge in [-0.3, -0.25) is 4.79 Å². The van der Waals surface area contributed by atoms with Crippen LogP contribution in [0.3, 0.4) is 0 Å². The van der Waals surface area contributed by atoms with Gasteiger partial charge >= 0.3 is 6.03 Å². The SMILES string of the molecule is COc1cccc(NC(=O)NC2CCCCC2NC(=O)c2csc(COc3ccc(Cl)cc3)n2)c1. The molecule has 0 aliphatic heterocycles. The summed E-state index contributed by atoms with van der Waals surface area (Å²) >= 11 is 7.26. The van der Waals surface area contributed by atoms with Gasteiger partial charge in [-0.05, 0) is 49.2 Å². The van der Waals surface area contributed by atoms with E-state index >= 15 is 0 Å². The summed E-state index contributed by atoms with van der Waals surface area (Å²) in [5, 5.41) is 11.9. The van der Waals surface area contributed by atoms with Gasteiger partial charge in [-0.2, -0.15) is 0 Å². The van der Waals surface area contributed by atoms with E-state index in [2.05, 4.69) is 20.9 Å². The van der Waals surface area contributed by atoms with Gasteiger partial charge < -0.3 is 25.4 Å². The van der Waals surface area contributed by atoms with Crippen molar-refractivity contribution in [1.82, 2.24) is 15.6 Å². The molecule has 184 valence electrons. The number of urea groups is 1. The lowest BCUT2D eigenvalue weighted by atomic mass is 9.90. The first-order chi connectivity index (χ1) is 17.0. The van der Waals surface area contributed by atoms with Crippen molar-refractivity contribution < 1.29 is 19.1 Å². The van der Waals surface area contributed by atoms with Crippen LogP contribution in [0.1, 0.15) is 41.2 Å². The average molecular weight is 515 g/mol. The second-order valence-corrected chi connectivity index (χ2v) is 9.55. The van der Waals surface area contributed by atoms with Crippen molar-refractivity contribution in [3.63, 3.8) is 0 Å². The molecule has 0 saturated heterocycles. The zero-order chi connectivity index (χ0) is 24.6. The molecule has 3 aromatic rings. The third-order valence-corrected chi connectivity index (χ3v) is 6.76. The number of ether oxygens (including phenoxy) is 2. The molecule has 1 aliphatic carbocycles. The minimum Gasteiger partial charge on any atom is -0.497 e. The lowest BCUT2D eigenvalue weighted by molar-refractivity contribution is 0.0911. The first-order valence-corrected chi connectivity index (χ1v) is 12.6. The van der Waals surface area contributed by atoms with Gasteiger partial charge in [-0.25, -0.2) is 9.78 Å². The first-order valence-electron chi connectivity index (χ1n) is 11.4. The van der Waals surface area contributed by atoms with E-state index in [-0.39, 0.29) is 30.6 Å². The second-order valence-electron chi connectivity index (χ2n) is 8.17. The minimum atomic E-state index is -0.320. The first kappa shape index (κ1) is 24.8. The Morgan fingerprint density at radius 3 is 2.54 bits per heavy atom. The second kappa shape index (κ2) is 11.9. The van der Waals surface area contributed by atoms with E-state index < -0.39 is 0 Å². The van der Waals surface area contributed by atoms with E-state index in [0.717, 1.165) is 25.7 Å². The fourth-order valence-corrected chi connectivity index (χ4v) is 4.72. The van der Waals surface area contributed by atoms with E-state index in [4.69, 9.17) is 21.1 Å². The summed E-state index contributed by atoms with van der Waals surface area (Å²) in [6.45, 7) is 0.262. The molecule has 0 spiro atoms. The van der Waals surface area contributed by atoms with Gasteiger partial charge in [-0.1, -0.05) is 30.5 Å². The quantitative estimate of drug-likeness (QED) is 0.381. The van der Waals surface area contributed by atoms with Crippen LogP contribution in [0.15, 0.2) is 53.9 Å². The number of aromatic nitrogens is 1. The largest absolute Gasteiger partial charge is 0.497 e. The van der Waals surface area contributed by atoms with Crippen LogP contribution in [0.4, 0.5) is 10.5 Å². The zero-order valence-corrected chi connectivity index (χ0v) is 20.8. The Morgan fingerprint density at radius 2 is 1.80 bits per heavy atom. The van der Waals surface area contributed by atoms with Crippen LogP contribution in [0.2, 0.25) is 5.02 Å². The molecule has 1 fully saturated rings. The number of methoxy groups -OCH3 is 1. The maximum atomic E-state index is 12.9. The highest BCUT2D eigenvalue weighted by Gasteiger charge is 2.28. The summed E-state index contributed by atoms with van der Waals surface area (Å²) in [6, 6.07) is 13.5. The maximum absolute atomic E-state index is 12.9. The van der Waals surface area contributed by atoms with Crippen LogP contribution < -0.4 is 25.4 Å². The molecule has 3 amide bonds. The summed E-state index contributed by atoms with van der Waals surface area (Å²) in [5.74, 6) is 1.08. The van der Waals surface area contributed by atoms with Gasteiger partial charge in [0.25, 0.3) is 5.91 Å². The zero-order valence-electron chi connectivity index (χ0n) is 19.3. The molecule has 4 rings (SSSR count). The summed E-state index contributed by atoms with van der Waals surface area (Å²) in [5.41, 5.74) is 0.976. The molecule has 2 unspecified atom stereocenters. The number of anilines is 1. The Labute approximate surface area is 213 Å². The Kier molecular flexibility index (Phi) is 8.44. The van der Waals surface area contributed by atoms with Crippen molar-refractivity contribution in [2.75, 3.05) is 12.4 Å². The van der Waals surface area contributed by atoms with Crippen LogP contribution in [-0.4, -0.2) is 36.1 Å². The summed E-state index contributed by atoms with van der Waals surface area (Å²) in [6.07, 6.45) is 3.54. The fourth-order valence-electron chi connectivity index (χ4n) is 3.91. The molecule has 1 aliphatic rings. The number of nitrogens with one attached hydrogen (secondary N) is 3. The van der Waals surface area contributed by atoms with Crippen molar-refractivity contribution in [2.45, 2.75) is 44.4 Å². The standard InChI is InChI=1S/C25H27ClN4O4S/c1-33-19-6-4-5-17(13-19)27-25(32)30-21-8-3-2-7-20(21)29-24(31)22-15-35-23(28-22)14-34-18-11-9-16(26)10-12-18/h4-6,9-13,15,20-21H,2-3,7-8,14H2,1H3,(H,29,31)(H2,27,30,32). The van der Waals surface area contributed by atoms with Crippen LogP contribution in [0.25, 0.3) is 0 Å². The molecule has 8 nitrogen and oxygen atoms in total. The minimum absolute atomic E-state index is 0.176. The highest BCUT2D eigenvalue weighted by Crippen LogP contribution is 2.22. The van der Waals surface area contributed by atoms with Gasteiger partial charge in [0.05, 0.1) is 13.2 Å². The number of amides is 3. The molecule has 3 N–H and O–H groups in total. The summed E-state index contributed by atoms with van der Waals surface area (Å²) in [7, 11) is 1.58. The smallest absolute Gasteiger partial charge is 0.319 e. The van der Waals surface area contributed by atoms with Gasteiger partial charge in [0, 0.05) is 28.2 Å². The van der Waals surface area contributed by atoms with Crippen molar-refractivity contribution >= 4 is 40.6 Å². The lowest BCUT2D eigenvalue weighted by Gasteiger charge is -2.32. The van der Waals surface area contributed by atoms with Gasteiger partial charge in [-0.15, -0.1) is 11.3 Å². The number of halogens is 1. The highest BCUT2D eigenvalue weighted by molar-refractivity contribution is 7.09. The van der Waals surface area contributed by atoms with Crippen LogP contribution in [0.5, 0.6) is 11.5 Å². The monoisotopic (exact) mass is 514 g/mol. The topological polar surface area (TPSA) is 102 Å². The van der Waals surface area contributed by atoms with Crippen LogP contribution in [-0.2, 0) is 6.61 Å². The van der Waals surface area contributed by atoms with Crippen LogP contribution in [0, 0.1) is 0 Å². The molecular formula is C25H27ClN4O4S. The predicted octanol–water partition coefficient (Wildman–Crippen LogP) is 5.25. The Balaban J connectivity index is 1.30. The lowest BCUT2D eigenvalue weighted by Crippen LogP contribution is -2.54. The number of benzene rings is 2. The molecule has 2 atom stereocenters. The highest BCUT2D eigenvalue weighted by atomic mass is 35.5. The number of nitrogens with zero attached hydrogens (tertiary/aromatic N) is 1. The Hall–Kier alpha value is -3.30. The molecule has 1 saturated carbocycles. The van der Waals surface area contributed by atoms with E-state index in [1.165, 1.54) is 11.3 Å². The Bertz CT molecular complexity index is 1150. The molecule has 1 aromatic heterocycles. The molecule has 0 bridgehead atoms. The van der Waals surface area contributed by atoms with Crippen LogP contribution >= 0.6 is 22.9 Å². The van der Waals surface area contributed by atoms with E-state index in [9.17, 15) is 9.59 Å². The molecular weight excluding hydrogens is 488 g/mol. The molecule has 0 radical (unpaired) electrons. The predicted molar refractivity (Wildman–Crippen MR) is 137 cm³/mol. The van der Waals surface area contributed by atoms with Gasteiger partial charge in [0.2, 0.25) is 0 Å². The normalized spacial score (nSPS) is 17.3.